The Morgan fingerprint density at radius 2 is 2.18 bits per heavy atom. The normalized spacial score (nSPS) is 15.6. The number of carbonyl (C=O) groups excluding carboxylic acids is 1. The molecule has 2 rings (SSSR count). The summed E-state index contributed by atoms with van der Waals surface area (Å²) in [6.45, 7) is 5.04. The van der Waals surface area contributed by atoms with E-state index in [1.807, 2.05) is 28.8 Å². The highest BCUT2D eigenvalue weighted by Crippen LogP contribution is 2.34. The smallest absolute Gasteiger partial charge is 0.227 e. The number of hydrogen-bond donors (Lipinski definition) is 0. The Morgan fingerprint density at radius 3 is 2.94 bits per heavy atom. The third-order valence-electron chi connectivity index (χ3n) is 2.82. The van der Waals surface area contributed by atoms with Crippen molar-refractivity contribution in [2.75, 3.05) is 17.2 Å². The molecular formula is C14H19NOS. The summed E-state index contributed by atoms with van der Waals surface area (Å²) in [6.07, 6.45) is 1.71. The van der Waals surface area contributed by atoms with E-state index < -0.39 is 0 Å². The van der Waals surface area contributed by atoms with Gasteiger partial charge in [-0.2, -0.15) is 0 Å². The van der Waals surface area contributed by atoms with Gasteiger partial charge in [-0.05, 0) is 30.2 Å². The molecule has 0 aliphatic carbocycles. The fourth-order valence-electron chi connectivity index (χ4n) is 2.05. The van der Waals surface area contributed by atoms with E-state index in [1.54, 1.807) is 0 Å². The van der Waals surface area contributed by atoms with Gasteiger partial charge in [-0.3, -0.25) is 4.79 Å². The molecule has 0 aromatic heterocycles. The first-order chi connectivity index (χ1) is 8.18. The van der Waals surface area contributed by atoms with Crippen molar-refractivity contribution < 1.29 is 4.79 Å². The van der Waals surface area contributed by atoms with Crippen LogP contribution in [0.4, 0.5) is 5.69 Å². The van der Waals surface area contributed by atoms with Crippen LogP contribution in [-0.4, -0.2) is 18.2 Å². The molecule has 1 amide bonds. The van der Waals surface area contributed by atoms with E-state index in [0.717, 1.165) is 24.4 Å². The summed E-state index contributed by atoms with van der Waals surface area (Å²) in [4.78, 5) is 15.4. The molecule has 0 saturated carbocycles. The molecule has 1 aromatic rings. The number of nitrogens with zero attached hydrogens (tertiary/aromatic N) is 1. The van der Waals surface area contributed by atoms with Crippen molar-refractivity contribution in [2.24, 2.45) is 5.92 Å². The molecule has 0 fully saturated rings. The molecule has 0 saturated heterocycles. The average molecular weight is 249 g/mol. The van der Waals surface area contributed by atoms with Gasteiger partial charge in [0.25, 0.3) is 0 Å². The lowest BCUT2D eigenvalue weighted by Crippen LogP contribution is -2.32. The third-order valence-corrected chi connectivity index (χ3v) is 3.97. The predicted molar refractivity (Wildman–Crippen MR) is 73.6 cm³/mol. The number of anilines is 1. The van der Waals surface area contributed by atoms with Gasteiger partial charge in [0.15, 0.2) is 0 Å². The molecule has 0 unspecified atom stereocenters. The van der Waals surface area contributed by atoms with Crippen molar-refractivity contribution in [2.45, 2.75) is 31.6 Å². The van der Waals surface area contributed by atoms with Crippen LogP contribution in [0.2, 0.25) is 0 Å². The minimum atomic E-state index is 0.259. The zero-order valence-electron chi connectivity index (χ0n) is 10.5. The Balaban J connectivity index is 2.25. The van der Waals surface area contributed by atoms with Crippen molar-refractivity contribution >= 4 is 23.4 Å². The molecule has 0 radical (unpaired) electrons. The molecule has 0 bridgehead atoms. The number of para-hydroxylation sites is 1. The van der Waals surface area contributed by atoms with Gasteiger partial charge in [-0.25, -0.2) is 0 Å². The van der Waals surface area contributed by atoms with E-state index in [2.05, 4.69) is 26.0 Å². The summed E-state index contributed by atoms with van der Waals surface area (Å²) < 4.78 is 0. The van der Waals surface area contributed by atoms with Gasteiger partial charge in [0.1, 0.15) is 0 Å². The lowest BCUT2D eigenvalue weighted by atomic mass is 10.1. The fourth-order valence-corrected chi connectivity index (χ4v) is 3.04. The summed E-state index contributed by atoms with van der Waals surface area (Å²) in [6, 6.07) is 8.23. The first kappa shape index (κ1) is 12.5. The highest BCUT2D eigenvalue weighted by molar-refractivity contribution is 7.99. The Bertz CT molecular complexity index is 403. The number of rotatable bonds is 2. The molecule has 1 aliphatic rings. The van der Waals surface area contributed by atoms with Crippen molar-refractivity contribution in [1.29, 1.82) is 0 Å². The fraction of sp³-hybridized carbons (Fsp3) is 0.500. The summed E-state index contributed by atoms with van der Waals surface area (Å²) in [5.74, 6) is 1.78. The molecule has 0 atom stereocenters. The topological polar surface area (TPSA) is 20.3 Å². The molecule has 17 heavy (non-hydrogen) atoms. The molecule has 1 aliphatic heterocycles. The zero-order chi connectivity index (χ0) is 12.3. The van der Waals surface area contributed by atoms with E-state index in [1.165, 1.54) is 4.90 Å². The Kier molecular flexibility index (Phi) is 4.11. The maximum absolute atomic E-state index is 12.2. The number of thioether (sulfide) groups is 1. The molecule has 2 nitrogen and oxygen atoms in total. The second-order valence-corrected chi connectivity index (χ2v) is 5.95. The largest absolute Gasteiger partial charge is 0.311 e. The van der Waals surface area contributed by atoms with Crippen molar-refractivity contribution in [3.63, 3.8) is 0 Å². The average Bonchev–Trinajstić information content (AvgIpc) is 2.50. The quantitative estimate of drug-likeness (QED) is 0.798. The van der Waals surface area contributed by atoms with Crippen LogP contribution in [0.5, 0.6) is 0 Å². The first-order valence-corrected chi connectivity index (χ1v) is 7.19. The van der Waals surface area contributed by atoms with Gasteiger partial charge >= 0.3 is 0 Å². The number of amides is 1. The molecule has 1 heterocycles. The van der Waals surface area contributed by atoms with Gasteiger partial charge in [-0.1, -0.05) is 26.0 Å². The monoisotopic (exact) mass is 249 g/mol. The van der Waals surface area contributed by atoms with Crippen molar-refractivity contribution in [1.82, 2.24) is 0 Å². The first-order valence-electron chi connectivity index (χ1n) is 6.20. The molecule has 92 valence electrons. The summed E-state index contributed by atoms with van der Waals surface area (Å²) >= 11 is 1.86. The molecule has 1 aromatic carbocycles. The van der Waals surface area contributed by atoms with Gasteiger partial charge < -0.3 is 4.90 Å². The molecule has 0 N–H and O–H groups in total. The van der Waals surface area contributed by atoms with Crippen molar-refractivity contribution in [3.8, 4) is 0 Å². The highest BCUT2D eigenvalue weighted by Gasteiger charge is 2.21. The van der Waals surface area contributed by atoms with Crippen LogP contribution in [0.1, 0.15) is 26.7 Å². The van der Waals surface area contributed by atoms with Gasteiger partial charge in [0, 0.05) is 17.9 Å². The van der Waals surface area contributed by atoms with E-state index in [9.17, 15) is 4.79 Å². The van der Waals surface area contributed by atoms with Crippen LogP contribution < -0.4 is 4.90 Å². The van der Waals surface area contributed by atoms with Gasteiger partial charge in [0.2, 0.25) is 5.91 Å². The number of benzene rings is 1. The zero-order valence-corrected chi connectivity index (χ0v) is 11.3. The SMILES string of the molecule is CC(C)CC(=O)N1CCCSc2ccccc21. The number of fused-ring (bicyclic) bond motifs is 1. The Morgan fingerprint density at radius 1 is 1.41 bits per heavy atom. The summed E-state index contributed by atoms with van der Waals surface area (Å²) in [5.41, 5.74) is 1.10. The number of hydrogen-bond acceptors (Lipinski definition) is 2. The lowest BCUT2D eigenvalue weighted by molar-refractivity contribution is -0.119. The summed E-state index contributed by atoms with van der Waals surface area (Å²) in [5, 5.41) is 0. The van der Waals surface area contributed by atoms with E-state index in [-0.39, 0.29) is 5.91 Å². The van der Waals surface area contributed by atoms with Crippen LogP contribution in [0, 0.1) is 5.92 Å². The second kappa shape index (κ2) is 5.58. The third kappa shape index (κ3) is 3.03. The maximum Gasteiger partial charge on any atom is 0.227 e. The minimum absolute atomic E-state index is 0.259. The van der Waals surface area contributed by atoms with Gasteiger partial charge in [0.05, 0.1) is 5.69 Å². The molecular weight excluding hydrogens is 230 g/mol. The highest BCUT2D eigenvalue weighted by atomic mass is 32.2. The Labute approximate surface area is 107 Å². The van der Waals surface area contributed by atoms with Gasteiger partial charge in [-0.15, -0.1) is 11.8 Å². The summed E-state index contributed by atoms with van der Waals surface area (Å²) in [7, 11) is 0. The van der Waals surface area contributed by atoms with Crippen molar-refractivity contribution in [3.05, 3.63) is 24.3 Å². The maximum atomic E-state index is 12.2. The standard InChI is InChI=1S/C14H19NOS/c1-11(2)10-14(16)15-8-5-9-17-13-7-4-3-6-12(13)15/h3-4,6-7,11H,5,8-10H2,1-2H3. The molecule has 3 heteroatoms. The predicted octanol–water partition coefficient (Wildman–Crippen LogP) is 3.56. The van der Waals surface area contributed by atoms with E-state index in [4.69, 9.17) is 0 Å². The van der Waals surface area contributed by atoms with E-state index in [0.29, 0.717) is 12.3 Å². The van der Waals surface area contributed by atoms with Crippen LogP contribution in [-0.2, 0) is 4.79 Å². The lowest BCUT2D eigenvalue weighted by Gasteiger charge is -2.23. The van der Waals surface area contributed by atoms with Crippen LogP contribution in [0.3, 0.4) is 0 Å². The second-order valence-electron chi connectivity index (χ2n) is 4.81. The minimum Gasteiger partial charge on any atom is -0.311 e. The number of carbonyl (C=O) groups is 1. The van der Waals surface area contributed by atoms with Crippen LogP contribution in [0.25, 0.3) is 0 Å². The van der Waals surface area contributed by atoms with Crippen LogP contribution in [0.15, 0.2) is 29.2 Å². The Hall–Kier alpha value is -0.960. The van der Waals surface area contributed by atoms with Crippen LogP contribution >= 0.6 is 11.8 Å². The molecule has 0 spiro atoms. The van der Waals surface area contributed by atoms with E-state index >= 15 is 0 Å².